The van der Waals surface area contributed by atoms with Crippen LogP contribution >= 0.6 is 0 Å². The first-order valence-electron chi connectivity index (χ1n) is 8.30. The fourth-order valence-corrected chi connectivity index (χ4v) is 3.77. The van der Waals surface area contributed by atoms with E-state index in [1.807, 2.05) is 36.4 Å². The maximum Gasteiger partial charge on any atom is 0.415 e. The van der Waals surface area contributed by atoms with Crippen LogP contribution in [0, 0.1) is 0 Å². The van der Waals surface area contributed by atoms with Crippen molar-refractivity contribution in [2.24, 2.45) is 0 Å². The van der Waals surface area contributed by atoms with Crippen molar-refractivity contribution in [1.29, 1.82) is 0 Å². The van der Waals surface area contributed by atoms with Gasteiger partial charge in [-0.05, 0) is 23.8 Å². The van der Waals surface area contributed by atoms with Gasteiger partial charge in [0.1, 0.15) is 5.75 Å². The zero-order valence-electron chi connectivity index (χ0n) is 14.2. The fraction of sp³-hybridized carbons (Fsp3) is 0.211. The first kappa shape index (κ1) is 18.2. The molecule has 2 aromatic carbocycles. The highest BCUT2D eigenvalue weighted by atomic mass is 32.2. The Hall–Kier alpha value is -2.64. The molecule has 0 spiro atoms. The van der Waals surface area contributed by atoms with Gasteiger partial charge in [-0.15, -0.1) is 0 Å². The lowest BCUT2D eigenvalue weighted by Crippen LogP contribution is -2.50. The molecule has 1 fully saturated rings. The Labute approximate surface area is 153 Å². The van der Waals surface area contributed by atoms with Gasteiger partial charge in [0.25, 0.3) is 0 Å². The van der Waals surface area contributed by atoms with Crippen molar-refractivity contribution in [3.8, 4) is 5.75 Å². The number of rotatable bonds is 4. The van der Waals surface area contributed by atoms with E-state index in [0.717, 1.165) is 5.56 Å². The number of amides is 1. The third-order valence-electron chi connectivity index (χ3n) is 4.04. The van der Waals surface area contributed by atoms with Gasteiger partial charge >= 0.3 is 6.09 Å². The van der Waals surface area contributed by atoms with E-state index >= 15 is 0 Å². The number of hydrogen-bond donors (Lipinski definition) is 0. The molecule has 6 nitrogen and oxygen atoms in total. The molecule has 26 heavy (non-hydrogen) atoms. The van der Waals surface area contributed by atoms with Crippen molar-refractivity contribution in [3.63, 3.8) is 0 Å². The summed E-state index contributed by atoms with van der Waals surface area (Å²) in [5, 5.41) is 1.21. The van der Waals surface area contributed by atoms with Crippen LogP contribution in [0.2, 0.25) is 0 Å². The van der Waals surface area contributed by atoms with Crippen LogP contribution in [0.3, 0.4) is 0 Å². The summed E-state index contributed by atoms with van der Waals surface area (Å²) in [4.78, 5) is 13.7. The zero-order valence-corrected chi connectivity index (χ0v) is 15.0. The highest BCUT2D eigenvalue weighted by Gasteiger charge is 2.28. The smallest absolute Gasteiger partial charge is 0.410 e. The standard InChI is InChI=1S/C19H20N2O4S/c22-19(25-18-9-5-2-6-10-18)20-12-14-21(15-13-20)26(23,24)16-11-17-7-3-1-4-8-17/h1-11,16H,12-15H2/b16-11-. The van der Waals surface area contributed by atoms with Crippen LogP contribution in [-0.4, -0.2) is 49.9 Å². The SMILES string of the molecule is O=C(Oc1ccccc1)N1CCN(S(=O)(=O)/C=C\c2ccccc2)CC1. The molecule has 136 valence electrons. The Bertz CT molecular complexity index is 859. The van der Waals surface area contributed by atoms with Crippen molar-refractivity contribution in [1.82, 2.24) is 9.21 Å². The average Bonchev–Trinajstić information content (AvgIpc) is 2.68. The van der Waals surface area contributed by atoms with Gasteiger partial charge in [0, 0.05) is 31.6 Å². The maximum absolute atomic E-state index is 12.4. The summed E-state index contributed by atoms with van der Waals surface area (Å²) in [7, 11) is -3.52. The molecule has 1 aliphatic heterocycles. The van der Waals surface area contributed by atoms with Crippen LogP contribution in [0.5, 0.6) is 5.75 Å². The molecule has 0 saturated carbocycles. The van der Waals surface area contributed by atoms with Crippen molar-refractivity contribution < 1.29 is 17.9 Å². The molecule has 0 aromatic heterocycles. The summed E-state index contributed by atoms with van der Waals surface area (Å²) >= 11 is 0. The summed E-state index contributed by atoms with van der Waals surface area (Å²) in [6.45, 7) is 1.07. The van der Waals surface area contributed by atoms with Crippen molar-refractivity contribution in [2.75, 3.05) is 26.2 Å². The van der Waals surface area contributed by atoms with Crippen molar-refractivity contribution >= 4 is 22.2 Å². The number of piperazine rings is 1. The second kappa shape index (κ2) is 8.16. The number of sulfonamides is 1. The molecule has 0 N–H and O–H groups in total. The van der Waals surface area contributed by atoms with E-state index in [0.29, 0.717) is 18.8 Å². The van der Waals surface area contributed by atoms with Gasteiger partial charge in [-0.3, -0.25) is 0 Å². The molecule has 2 aromatic rings. The number of ether oxygens (including phenoxy) is 1. The average molecular weight is 372 g/mol. The third kappa shape index (κ3) is 4.71. The molecule has 0 unspecified atom stereocenters. The second-order valence-electron chi connectivity index (χ2n) is 5.83. The van der Waals surface area contributed by atoms with E-state index < -0.39 is 16.1 Å². The number of carbonyl (C=O) groups excluding carboxylic acids is 1. The maximum atomic E-state index is 12.4. The van der Waals surface area contributed by atoms with Gasteiger partial charge < -0.3 is 9.64 Å². The summed E-state index contributed by atoms with van der Waals surface area (Å²) in [5.74, 6) is 0.471. The molecular formula is C19H20N2O4S. The summed E-state index contributed by atoms with van der Waals surface area (Å²) < 4.78 is 31.5. The van der Waals surface area contributed by atoms with E-state index in [2.05, 4.69) is 0 Å². The molecule has 1 aliphatic rings. The summed E-state index contributed by atoms with van der Waals surface area (Å²) in [5.41, 5.74) is 0.821. The fourth-order valence-electron chi connectivity index (χ4n) is 2.59. The quantitative estimate of drug-likeness (QED) is 0.828. The molecule has 0 bridgehead atoms. The number of hydrogen-bond acceptors (Lipinski definition) is 4. The molecule has 7 heteroatoms. The molecule has 0 aliphatic carbocycles. The molecule has 0 atom stereocenters. The summed E-state index contributed by atoms with van der Waals surface area (Å²) in [6.07, 6.45) is 1.11. The van der Waals surface area contributed by atoms with Gasteiger partial charge in [-0.25, -0.2) is 13.2 Å². The number of benzene rings is 2. The third-order valence-corrected chi connectivity index (χ3v) is 5.60. The molecule has 1 heterocycles. The zero-order chi connectivity index (χ0) is 18.4. The molecule has 0 radical (unpaired) electrons. The van der Waals surface area contributed by atoms with Gasteiger partial charge in [0.2, 0.25) is 10.0 Å². The van der Waals surface area contributed by atoms with Crippen LogP contribution in [-0.2, 0) is 10.0 Å². The molecular weight excluding hydrogens is 352 g/mol. The number of nitrogens with zero attached hydrogens (tertiary/aromatic N) is 2. The lowest BCUT2D eigenvalue weighted by Gasteiger charge is -2.32. The van der Waals surface area contributed by atoms with Crippen molar-refractivity contribution in [2.45, 2.75) is 0 Å². The van der Waals surface area contributed by atoms with Gasteiger partial charge in [0.05, 0.1) is 0 Å². The highest BCUT2D eigenvalue weighted by Crippen LogP contribution is 2.14. The van der Waals surface area contributed by atoms with Crippen LogP contribution in [0.1, 0.15) is 5.56 Å². The van der Waals surface area contributed by atoms with Crippen LogP contribution < -0.4 is 4.74 Å². The van der Waals surface area contributed by atoms with Gasteiger partial charge in [-0.1, -0.05) is 48.5 Å². The monoisotopic (exact) mass is 372 g/mol. The Morgan fingerprint density at radius 3 is 2.08 bits per heavy atom. The predicted molar refractivity (Wildman–Crippen MR) is 100 cm³/mol. The lowest BCUT2D eigenvalue weighted by molar-refractivity contribution is 0.133. The largest absolute Gasteiger partial charge is 0.415 e. The topological polar surface area (TPSA) is 66.9 Å². The van der Waals surface area contributed by atoms with E-state index in [-0.39, 0.29) is 13.1 Å². The van der Waals surface area contributed by atoms with E-state index in [4.69, 9.17) is 4.74 Å². The number of carbonyl (C=O) groups is 1. The van der Waals surface area contributed by atoms with E-state index in [9.17, 15) is 13.2 Å². The molecule has 1 amide bonds. The van der Waals surface area contributed by atoms with Crippen LogP contribution in [0.4, 0.5) is 4.79 Å². The Balaban J connectivity index is 1.55. The van der Waals surface area contributed by atoms with Crippen LogP contribution in [0.25, 0.3) is 6.08 Å². The van der Waals surface area contributed by atoms with Crippen LogP contribution in [0.15, 0.2) is 66.1 Å². The Morgan fingerprint density at radius 2 is 1.46 bits per heavy atom. The Morgan fingerprint density at radius 1 is 0.885 bits per heavy atom. The van der Waals surface area contributed by atoms with E-state index in [1.165, 1.54) is 14.6 Å². The second-order valence-corrected chi connectivity index (χ2v) is 7.64. The lowest BCUT2D eigenvalue weighted by atomic mass is 10.2. The first-order valence-corrected chi connectivity index (χ1v) is 9.80. The minimum absolute atomic E-state index is 0.241. The molecule has 3 rings (SSSR count). The van der Waals surface area contributed by atoms with Crippen molar-refractivity contribution in [3.05, 3.63) is 71.6 Å². The highest BCUT2D eigenvalue weighted by molar-refractivity contribution is 7.92. The normalized spacial score (nSPS) is 15.9. The van der Waals surface area contributed by atoms with E-state index in [1.54, 1.807) is 30.3 Å². The first-order chi connectivity index (χ1) is 12.5. The Kier molecular flexibility index (Phi) is 5.70. The minimum atomic E-state index is -3.52. The minimum Gasteiger partial charge on any atom is -0.410 e. The summed E-state index contributed by atoms with van der Waals surface area (Å²) in [6, 6.07) is 18.1. The predicted octanol–water partition coefficient (Wildman–Crippen LogP) is 2.80. The van der Waals surface area contributed by atoms with Gasteiger partial charge in [0.15, 0.2) is 0 Å². The number of para-hydroxylation sites is 1. The molecule has 1 saturated heterocycles. The van der Waals surface area contributed by atoms with Gasteiger partial charge in [-0.2, -0.15) is 4.31 Å².